The van der Waals surface area contributed by atoms with Crippen LogP contribution in [0.5, 0.6) is 0 Å². The number of furan rings is 1. The van der Waals surface area contributed by atoms with E-state index >= 15 is 0 Å². The maximum absolute atomic E-state index is 12.1. The largest absolute Gasteiger partial charge is 0.464 e. The molecule has 0 aliphatic heterocycles. The number of amides is 2. The van der Waals surface area contributed by atoms with Gasteiger partial charge in [-0.15, -0.1) is 0 Å². The summed E-state index contributed by atoms with van der Waals surface area (Å²) in [6.07, 6.45) is 0. The summed E-state index contributed by atoms with van der Waals surface area (Å²) in [4.78, 5) is 16.4. The van der Waals surface area contributed by atoms with E-state index in [0.717, 1.165) is 17.0 Å². The van der Waals surface area contributed by atoms with Crippen LogP contribution in [-0.4, -0.2) is 24.7 Å². The van der Waals surface area contributed by atoms with Gasteiger partial charge < -0.3 is 14.5 Å². The van der Waals surface area contributed by atoms with Crippen LogP contribution in [0.25, 0.3) is 0 Å². The Morgan fingerprint density at radius 1 is 1.32 bits per heavy atom. The molecule has 2 N–H and O–H groups in total. The number of hydrogen-bond acceptors (Lipinski definition) is 4. The Kier molecular flexibility index (Phi) is 5.16. The van der Waals surface area contributed by atoms with Gasteiger partial charge >= 0.3 is 6.03 Å². The van der Waals surface area contributed by atoms with Crippen LogP contribution < -0.4 is 10.6 Å². The van der Waals surface area contributed by atoms with Gasteiger partial charge in [0.1, 0.15) is 23.4 Å². The van der Waals surface area contributed by atoms with Crippen molar-refractivity contribution in [1.82, 2.24) is 10.3 Å². The van der Waals surface area contributed by atoms with Gasteiger partial charge in [-0.1, -0.05) is 0 Å². The quantitative estimate of drug-likeness (QED) is 0.890. The van der Waals surface area contributed by atoms with Crippen molar-refractivity contribution in [2.45, 2.75) is 26.8 Å². The molecule has 6 nitrogen and oxygen atoms in total. The molecule has 118 valence electrons. The first kappa shape index (κ1) is 16.0. The molecule has 0 bridgehead atoms. The second-order valence-electron chi connectivity index (χ2n) is 5.23. The number of urea groups is 1. The minimum absolute atomic E-state index is 0.320. The van der Waals surface area contributed by atoms with Gasteiger partial charge in [0.25, 0.3) is 0 Å². The third-order valence-corrected chi connectivity index (χ3v) is 3.08. The molecular formula is C16H21N3O3. The second-order valence-corrected chi connectivity index (χ2v) is 5.23. The lowest BCUT2D eigenvalue weighted by Crippen LogP contribution is -2.34. The van der Waals surface area contributed by atoms with E-state index in [-0.39, 0.29) is 12.1 Å². The monoisotopic (exact) mass is 303 g/mol. The molecule has 0 unspecified atom stereocenters. The van der Waals surface area contributed by atoms with Gasteiger partial charge in [0, 0.05) is 12.8 Å². The second kappa shape index (κ2) is 7.09. The van der Waals surface area contributed by atoms with Gasteiger partial charge in [-0.2, -0.15) is 0 Å². The van der Waals surface area contributed by atoms with Crippen LogP contribution in [0, 0.1) is 20.8 Å². The molecule has 0 aliphatic carbocycles. The highest BCUT2D eigenvalue weighted by Gasteiger charge is 2.18. The topological polar surface area (TPSA) is 76.4 Å². The predicted octanol–water partition coefficient (Wildman–Crippen LogP) is 3.11. The molecule has 2 aromatic rings. The number of nitrogens with zero attached hydrogens (tertiary/aromatic N) is 1. The fraction of sp³-hybridized carbons (Fsp3) is 0.375. The van der Waals surface area contributed by atoms with Crippen LogP contribution in [0.2, 0.25) is 0 Å². The first-order valence-corrected chi connectivity index (χ1v) is 7.06. The van der Waals surface area contributed by atoms with E-state index in [2.05, 4.69) is 15.6 Å². The molecule has 2 rings (SSSR count). The van der Waals surface area contributed by atoms with Crippen molar-refractivity contribution in [3.63, 3.8) is 0 Å². The number of hydrogen-bond donors (Lipinski definition) is 2. The molecule has 0 radical (unpaired) electrons. The van der Waals surface area contributed by atoms with Crippen molar-refractivity contribution in [3.05, 3.63) is 47.0 Å². The Hall–Kier alpha value is -2.34. The van der Waals surface area contributed by atoms with E-state index in [1.54, 1.807) is 7.11 Å². The third kappa shape index (κ3) is 4.33. The van der Waals surface area contributed by atoms with Crippen molar-refractivity contribution >= 4 is 11.8 Å². The van der Waals surface area contributed by atoms with Crippen LogP contribution in [-0.2, 0) is 4.74 Å². The maximum atomic E-state index is 12.1. The van der Waals surface area contributed by atoms with Crippen molar-refractivity contribution in [2.24, 2.45) is 0 Å². The molecule has 22 heavy (non-hydrogen) atoms. The fourth-order valence-electron chi connectivity index (χ4n) is 2.22. The normalized spacial score (nSPS) is 12.0. The minimum atomic E-state index is -0.357. The zero-order valence-corrected chi connectivity index (χ0v) is 13.3. The Bertz CT molecular complexity index is 632. The van der Waals surface area contributed by atoms with Crippen molar-refractivity contribution in [3.8, 4) is 0 Å². The average Bonchev–Trinajstić information content (AvgIpc) is 2.83. The molecule has 0 saturated carbocycles. The van der Waals surface area contributed by atoms with E-state index in [0.29, 0.717) is 18.2 Å². The van der Waals surface area contributed by atoms with E-state index in [1.807, 2.05) is 45.0 Å². The van der Waals surface area contributed by atoms with Crippen molar-refractivity contribution in [2.75, 3.05) is 19.0 Å². The Morgan fingerprint density at radius 2 is 2.09 bits per heavy atom. The number of carbonyl (C=O) groups is 1. The lowest BCUT2D eigenvalue weighted by atomic mass is 10.2. The molecule has 0 spiro atoms. The molecule has 2 amide bonds. The molecule has 6 heteroatoms. The van der Waals surface area contributed by atoms with Crippen LogP contribution in [0.3, 0.4) is 0 Å². The van der Waals surface area contributed by atoms with E-state index in [4.69, 9.17) is 9.15 Å². The van der Waals surface area contributed by atoms with E-state index in [9.17, 15) is 4.79 Å². The zero-order chi connectivity index (χ0) is 16.1. The molecule has 0 fully saturated rings. The van der Waals surface area contributed by atoms with E-state index in [1.165, 1.54) is 0 Å². The molecule has 0 aliphatic rings. The van der Waals surface area contributed by atoms with Gasteiger partial charge in [-0.3, -0.25) is 5.32 Å². The first-order valence-electron chi connectivity index (χ1n) is 7.06. The van der Waals surface area contributed by atoms with Crippen molar-refractivity contribution in [1.29, 1.82) is 0 Å². The summed E-state index contributed by atoms with van der Waals surface area (Å²) in [5, 5.41) is 5.56. The molecule has 0 aromatic carbocycles. The van der Waals surface area contributed by atoms with E-state index < -0.39 is 0 Å². The molecule has 0 saturated heterocycles. The van der Waals surface area contributed by atoms with Crippen LogP contribution >= 0.6 is 0 Å². The van der Waals surface area contributed by atoms with Gasteiger partial charge in [0.15, 0.2) is 0 Å². The number of carbonyl (C=O) groups excluding carboxylic acids is 1. The van der Waals surface area contributed by atoms with Gasteiger partial charge in [0.05, 0.1) is 6.61 Å². The summed E-state index contributed by atoms with van der Waals surface area (Å²) < 4.78 is 10.7. The van der Waals surface area contributed by atoms with Gasteiger partial charge in [-0.25, -0.2) is 9.78 Å². The number of nitrogens with one attached hydrogen (secondary N) is 2. The maximum Gasteiger partial charge on any atom is 0.321 e. The smallest absolute Gasteiger partial charge is 0.321 e. The molecule has 2 aromatic heterocycles. The highest BCUT2D eigenvalue weighted by atomic mass is 16.5. The van der Waals surface area contributed by atoms with Crippen molar-refractivity contribution < 1.29 is 13.9 Å². The van der Waals surface area contributed by atoms with Crippen LogP contribution in [0.4, 0.5) is 10.6 Å². The Morgan fingerprint density at radius 3 is 2.68 bits per heavy atom. The highest BCUT2D eigenvalue weighted by Crippen LogP contribution is 2.17. The van der Waals surface area contributed by atoms with Gasteiger partial charge in [0.2, 0.25) is 0 Å². The number of methoxy groups -OCH3 is 1. The molecule has 1 atom stereocenters. The van der Waals surface area contributed by atoms with Crippen LogP contribution in [0.15, 0.2) is 28.7 Å². The molecule has 2 heterocycles. The standard InChI is InChI=1S/C16H21N3O3/c1-10-7-11(2)17-15(8-10)19-16(20)18-13(9-21-4)14-6-5-12(3)22-14/h5-8,13H,9H2,1-4H3,(H2,17,18,19,20)/t13-/m0/s1. The first-order chi connectivity index (χ1) is 10.5. The number of anilines is 1. The summed E-state index contributed by atoms with van der Waals surface area (Å²) in [6, 6.07) is 6.73. The van der Waals surface area contributed by atoms with Crippen LogP contribution in [0.1, 0.15) is 28.8 Å². The lowest BCUT2D eigenvalue weighted by molar-refractivity contribution is 0.158. The summed E-state index contributed by atoms with van der Waals surface area (Å²) in [6.45, 7) is 6.01. The fourth-order valence-corrected chi connectivity index (χ4v) is 2.22. The van der Waals surface area contributed by atoms with Gasteiger partial charge in [-0.05, 0) is 50.6 Å². The minimum Gasteiger partial charge on any atom is -0.464 e. The number of aryl methyl sites for hydroxylation is 3. The number of aromatic nitrogens is 1. The summed E-state index contributed by atoms with van der Waals surface area (Å²) in [5.74, 6) is 1.96. The summed E-state index contributed by atoms with van der Waals surface area (Å²) in [5.41, 5.74) is 1.89. The Balaban J connectivity index is 2.04. The zero-order valence-electron chi connectivity index (χ0n) is 13.3. The number of ether oxygens (including phenoxy) is 1. The third-order valence-electron chi connectivity index (χ3n) is 3.08. The summed E-state index contributed by atoms with van der Waals surface area (Å²) >= 11 is 0. The number of pyridine rings is 1. The highest BCUT2D eigenvalue weighted by molar-refractivity contribution is 5.88. The predicted molar refractivity (Wildman–Crippen MR) is 83.9 cm³/mol. The summed E-state index contributed by atoms with van der Waals surface area (Å²) in [7, 11) is 1.58. The lowest BCUT2D eigenvalue weighted by Gasteiger charge is -2.16. The Labute approximate surface area is 129 Å². The number of rotatable bonds is 5. The average molecular weight is 303 g/mol. The molecular weight excluding hydrogens is 282 g/mol. The SMILES string of the molecule is COC[C@H](NC(=O)Nc1cc(C)cc(C)n1)c1ccc(C)o1.